The first-order valence-electron chi connectivity index (χ1n) is 10.4. The lowest BCUT2D eigenvalue weighted by atomic mass is 10.00. The zero-order valence-electron chi connectivity index (χ0n) is 18.4. The number of aliphatic carboxylic acids is 1. The second-order valence-corrected chi connectivity index (χ2v) is 8.72. The Morgan fingerprint density at radius 2 is 1.90 bits per heavy atom. The third kappa shape index (κ3) is 6.31. The molecular formula is C24H29N3O4. The van der Waals surface area contributed by atoms with E-state index in [0.29, 0.717) is 12.8 Å². The second kappa shape index (κ2) is 9.20. The summed E-state index contributed by atoms with van der Waals surface area (Å²) in [4.78, 5) is 27.9. The van der Waals surface area contributed by atoms with E-state index in [1.807, 2.05) is 60.1 Å². The van der Waals surface area contributed by atoms with Crippen LogP contribution in [0.1, 0.15) is 44.7 Å². The fraction of sp³-hybridized carbons (Fsp3) is 0.375. The van der Waals surface area contributed by atoms with E-state index in [1.165, 1.54) is 0 Å². The van der Waals surface area contributed by atoms with Crippen molar-refractivity contribution in [3.05, 3.63) is 59.9 Å². The highest BCUT2D eigenvalue weighted by Gasteiger charge is 2.20. The molecule has 1 aromatic carbocycles. The van der Waals surface area contributed by atoms with Crippen molar-refractivity contribution in [2.24, 2.45) is 0 Å². The van der Waals surface area contributed by atoms with Crippen LogP contribution in [-0.2, 0) is 16.0 Å². The highest BCUT2D eigenvalue weighted by molar-refractivity contribution is 5.69. The largest absolute Gasteiger partial charge is 0.481 e. The number of nitrogens with one attached hydrogen (secondary N) is 1. The minimum atomic E-state index is -0.895. The summed E-state index contributed by atoms with van der Waals surface area (Å²) >= 11 is 0. The molecule has 3 aromatic rings. The number of fused-ring (bicyclic) bond motifs is 1. The van der Waals surface area contributed by atoms with Gasteiger partial charge in [0.1, 0.15) is 11.2 Å². The average molecular weight is 424 g/mol. The van der Waals surface area contributed by atoms with Crippen LogP contribution in [0.25, 0.3) is 16.9 Å². The van der Waals surface area contributed by atoms with Crippen molar-refractivity contribution in [2.45, 2.75) is 58.6 Å². The lowest BCUT2D eigenvalue weighted by Gasteiger charge is -2.23. The molecule has 2 N–H and O–H groups in total. The van der Waals surface area contributed by atoms with Crippen LogP contribution >= 0.6 is 0 Å². The zero-order chi connectivity index (χ0) is 22.6. The number of aryl methyl sites for hydroxylation is 1. The summed E-state index contributed by atoms with van der Waals surface area (Å²) in [5.74, 6) is -0.895. The molecular weight excluding hydrogens is 394 g/mol. The predicted molar refractivity (Wildman–Crippen MR) is 119 cm³/mol. The van der Waals surface area contributed by atoms with Gasteiger partial charge in [-0.3, -0.25) is 4.79 Å². The van der Waals surface area contributed by atoms with Crippen LogP contribution in [-0.4, -0.2) is 38.2 Å². The van der Waals surface area contributed by atoms with E-state index in [-0.39, 0.29) is 12.5 Å². The summed E-state index contributed by atoms with van der Waals surface area (Å²) in [7, 11) is 0. The van der Waals surface area contributed by atoms with E-state index in [0.717, 1.165) is 28.0 Å². The third-order valence-electron chi connectivity index (χ3n) is 4.84. The quantitative estimate of drug-likeness (QED) is 0.579. The standard InChI is InChI=1S/C24H29N3O4/c1-16-6-5-13-27-15-20(26-22(16)27)18-9-7-17(8-10-18)14-19(11-12-21(28)29)25-23(30)31-24(2,3)4/h5-10,13,15,19H,11-12,14H2,1-4H3,(H,25,30)(H,28,29)/t19-/m1/s1. The van der Waals surface area contributed by atoms with Gasteiger partial charge in [0.25, 0.3) is 0 Å². The number of carboxylic acids is 1. The highest BCUT2D eigenvalue weighted by Crippen LogP contribution is 2.22. The first-order chi connectivity index (χ1) is 14.6. The van der Waals surface area contributed by atoms with Gasteiger partial charge in [0.15, 0.2) is 0 Å². The topological polar surface area (TPSA) is 92.9 Å². The van der Waals surface area contributed by atoms with Crippen LogP contribution in [0.5, 0.6) is 0 Å². The van der Waals surface area contributed by atoms with Gasteiger partial charge < -0.3 is 19.6 Å². The summed E-state index contributed by atoms with van der Waals surface area (Å²) in [5.41, 5.74) is 4.30. The van der Waals surface area contributed by atoms with Gasteiger partial charge in [0.05, 0.1) is 5.69 Å². The maximum Gasteiger partial charge on any atom is 0.407 e. The molecule has 0 aliphatic carbocycles. The Bertz CT molecular complexity index is 1060. The number of nitrogens with zero attached hydrogens (tertiary/aromatic N) is 2. The van der Waals surface area contributed by atoms with Crippen LogP contribution in [0, 0.1) is 6.92 Å². The maximum absolute atomic E-state index is 12.2. The molecule has 2 heterocycles. The summed E-state index contributed by atoms with van der Waals surface area (Å²) in [6, 6.07) is 11.6. The number of ether oxygens (including phenoxy) is 1. The SMILES string of the molecule is Cc1cccn2cc(-c3ccc(C[C@@H](CCC(=O)O)NC(=O)OC(C)(C)C)cc3)nc12. The number of amides is 1. The van der Waals surface area contributed by atoms with Crippen molar-refractivity contribution in [1.82, 2.24) is 14.7 Å². The fourth-order valence-corrected chi connectivity index (χ4v) is 3.39. The molecule has 0 bridgehead atoms. The van der Waals surface area contributed by atoms with Crippen LogP contribution in [0.4, 0.5) is 4.79 Å². The molecule has 1 atom stereocenters. The first kappa shape index (κ1) is 22.3. The van der Waals surface area contributed by atoms with Gasteiger partial charge in [-0.2, -0.15) is 0 Å². The number of carbonyl (C=O) groups excluding carboxylic acids is 1. The molecule has 0 unspecified atom stereocenters. The van der Waals surface area contributed by atoms with Crippen molar-refractivity contribution in [1.29, 1.82) is 0 Å². The van der Waals surface area contributed by atoms with Crippen LogP contribution < -0.4 is 5.32 Å². The molecule has 0 aliphatic heterocycles. The number of carboxylic acid groups (broad SMARTS) is 1. The molecule has 0 aliphatic rings. The Morgan fingerprint density at radius 3 is 2.52 bits per heavy atom. The molecule has 164 valence electrons. The fourth-order valence-electron chi connectivity index (χ4n) is 3.39. The molecule has 3 rings (SSSR count). The Kier molecular flexibility index (Phi) is 6.63. The lowest BCUT2D eigenvalue weighted by Crippen LogP contribution is -2.40. The Morgan fingerprint density at radius 1 is 1.19 bits per heavy atom. The van der Waals surface area contributed by atoms with Gasteiger partial charge in [-0.25, -0.2) is 9.78 Å². The van der Waals surface area contributed by atoms with Gasteiger partial charge in [0, 0.05) is 30.4 Å². The van der Waals surface area contributed by atoms with Gasteiger partial charge in [-0.1, -0.05) is 30.3 Å². The van der Waals surface area contributed by atoms with Crippen molar-refractivity contribution >= 4 is 17.7 Å². The summed E-state index contributed by atoms with van der Waals surface area (Å²) in [6.45, 7) is 7.40. The second-order valence-electron chi connectivity index (χ2n) is 8.72. The van der Waals surface area contributed by atoms with Crippen molar-refractivity contribution in [3.63, 3.8) is 0 Å². The van der Waals surface area contributed by atoms with Gasteiger partial charge in [0.2, 0.25) is 0 Å². The summed E-state index contributed by atoms with van der Waals surface area (Å²) in [5, 5.41) is 11.8. The highest BCUT2D eigenvalue weighted by atomic mass is 16.6. The molecule has 0 saturated heterocycles. The number of hydrogen-bond donors (Lipinski definition) is 2. The lowest BCUT2D eigenvalue weighted by molar-refractivity contribution is -0.137. The number of benzene rings is 1. The minimum absolute atomic E-state index is 0.0286. The molecule has 0 radical (unpaired) electrons. The molecule has 7 heteroatoms. The third-order valence-corrected chi connectivity index (χ3v) is 4.84. The van der Waals surface area contributed by atoms with E-state index in [2.05, 4.69) is 5.32 Å². The number of carbonyl (C=O) groups is 2. The summed E-state index contributed by atoms with van der Waals surface area (Å²) < 4.78 is 7.33. The number of aromatic nitrogens is 2. The average Bonchev–Trinajstić information content (AvgIpc) is 3.11. The van der Waals surface area contributed by atoms with E-state index >= 15 is 0 Å². The monoisotopic (exact) mass is 423 g/mol. The molecule has 0 fully saturated rings. The number of imidazole rings is 1. The first-order valence-corrected chi connectivity index (χ1v) is 10.4. The van der Waals surface area contributed by atoms with Gasteiger partial charge >= 0.3 is 12.1 Å². The van der Waals surface area contributed by atoms with E-state index in [4.69, 9.17) is 14.8 Å². The van der Waals surface area contributed by atoms with E-state index < -0.39 is 17.7 Å². The van der Waals surface area contributed by atoms with Crippen molar-refractivity contribution in [3.8, 4) is 11.3 Å². The van der Waals surface area contributed by atoms with Crippen LogP contribution in [0.2, 0.25) is 0 Å². The molecule has 31 heavy (non-hydrogen) atoms. The Labute approximate surface area is 182 Å². The molecule has 7 nitrogen and oxygen atoms in total. The maximum atomic E-state index is 12.2. The normalized spacial score (nSPS) is 12.5. The number of rotatable bonds is 7. The van der Waals surface area contributed by atoms with Crippen molar-refractivity contribution < 1.29 is 19.4 Å². The minimum Gasteiger partial charge on any atom is -0.481 e. The van der Waals surface area contributed by atoms with Crippen LogP contribution in [0.3, 0.4) is 0 Å². The Hall–Kier alpha value is -3.35. The van der Waals surface area contributed by atoms with E-state index in [9.17, 15) is 9.59 Å². The Balaban J connectivity index is 1.72. The number of pyridine rings is 1. The van der Waals surface area contributed by atoms with Crippen molar-refractivity contribution in [2.75, 3.05) is 0 Å². The zero-order valence-corrected chi connectivity index (χ0v) is 18.4. The molecule has 2 aromatic heterocycles. The smallest absolute Gasteiger partial charge is 0.407 e. The predicted octanol–water partition coefficient (Wildman–Crippen LogP) is 4.61. The van der Waals surface area contributed by atoms with Gasteiger partial charge in [-0.05, 0) is 57.7 Å². The summed E-state index contributed by atoms with van der Waals surface area (Å²) in [6.07, 6.45) is 4.23. The molecule has 1 amide bonds. The number of hydrogen-bond acceptors (Lipinski definition) is 4. The molecule has 0 saturated carbocycles. The number of alkyl carbamates (subject to hydrolysis) is 1. The van der Waals surface area contributed by atoms with Crippen LogP contribution in [0.15, 0.2) is 48.8 Å². The van der Waals surface area contributed by atoms with Gasteiger partial charge in [-0.15, -0.1) is 0 Å². The van der Waals surface area contributed by atoms with E-state index in [1.54, 1.807) is 20.8 Å². The molecule has 0 spiro atoms.